The van der Waals surface area contributed by atoms with Crippen LogP contribution in [0, 0.1) is 13.8 Å². The van der Waals surface area contributed by atoms with E-state index in [9.17, 15) is 18.3 Å². The normalized spacial score (nSPS) is 19.1. The molecule has 3 aromatic rings. The first-order chi connectivity index (χ1) is 16.9. The van der Waals surface area contributed by atoms with Gasteiger partial charge in [-0.25, -0.2) is 13.2 Å². The minimum atomic E-state index is -4.06. The average Bonchev–Trinajstić information content (AvgIpc) is 2.83. The monoisotopic (exact) mass is 503 g/mol. The smallest absolute Gasteiger partial charge is 0.333 e. The highest BCUT2D eigenvalue weighted by Gasteiger charge is 2.44. The Morgan fingerprint density at radius 3 is 1.83 bits per heavy atom. The summed E-state index contributed by atoms with van der Waals surface area (Å²) in [6.45, 7) is 10.2. The first-order valence-corrected chi connectivity index (χ1v) is 13.5. The van der Waals surface area contributed by atoms with Crippen molar-refractivity contribution in [3.63, 3.8) is 0 Å². The molecular weight excluding hydrogens is 470 g/mol. The second-order valence-corrected chi connectivity index (χ2v) is 12.4. The molecule has 0 amide bonds. The Kier molecular flexibility index (Phi) is 6.95. The summed E-state index contributed by atoms with van der Waals surface area (Å²) in [7, 11) is -4.06. The van der Waals surface area contributed by atoms with Crippen LogP contribution < -0.4 is 0 Å². The number of hydrogen-bond donors (Lipinski definition) is 1. The lowest BCUT2D eigenvalue weighted by Gasteiger charge is -2.40. The van der Waals surface area contributed by atoms with Gasteiger partial charge in [0, 0.05) is 0 Å². The molecule has 1 N–H and O–H groups in total. The number of carboxylic acids is 1. The second-order valence-electron chi connectivity index (χ2n) is 10.5. The number of aryl methyl sites for hydroxylation is 2. The van der Waals surface area contributed by atoms with Gasteiger partial charge >= 0.3 is 5.97 Å². The Labute approximate surface area is 214 Å². The van der Waals surface area contributed by atoms with Gasteiger partial charge in [-0.1, -0.05) is 98.6 Å². The Balaban J connectivity index is 1.94. The van der Waals surface area contributed by atoms with E-state index >= 15 is 0 Å². The summed E-state index contributed by atoms with van der Waals surface area (Å²) in [6, 6.07) is 20.6. The van der Waals surface area contributed by atoms with Gasteiger partial charge in [0.05, 0.1) is 22.6 Å². The van der Waals surface area contributed by atoms with Crippen molar-refractivity contribution in [3.05, 3.63) is 112 Å². The molecule has 5 nitrogen and oxygen atoms in total. The van der Waals surface area contributed by atoms with Crippen LogP contribution in [0.4, 0.5) is 0 Å². The molecule has 36 heavy (non-hydrogen) atoms. The van der Waals surface area contributed by atoms with Gasteiger partial charge in [-0.3, -0.25) is 0 Å². The summed E-state index contributed by atoms with van der Waals surface area (Å²) in [5.41, 5.74) is 4.54. The molecule has 1 heterocycles. The van der Waals surface area contributed by atoms with Gasteiger partial charge in [-0.05, 0) is 54.5 Å². The maximum Gasteiger partial charge on any atom is 0.333 e. The number of benzene rings is 3. The molecule has 0 saturated heterocycles. The van der Waals surface area contributed by atoms with Crippen molar-refractivity contribution in [2.75, 3.05) is 0 Å². The Hall–Kier alpha value is -3.22. The molecule has 188 valence electrons. The number of hydrogen-bond acceptors (Lipinski definition) is 3. The zero-order valence-electron chi connectivity index (χ0n) is 21.4. The largest absolute Gasteiger partial charge is 0.478 e. The molecule has 6 heteroatoms. The van der Waals surface area contributed by atoms with Crippen molar-refractivity contribution in [3.8, 4) is 0 Å². The summed E-state index contributed by atoms with van der Waals surface area (Å²) in [4.78, 5) is 12.6. The van der Waals surface area contributed by atoms with Crippen LogP contribution >= 0.6 is 0 Å². The molecule has 4 rings (SSSR count). The highest BCUT2D eigenvalue weighted by Crippen LogP contribution is 2.46. The van der Waals surface area contributed by atoms with Crippen molar-refractivity contribution in [2.45, 2.75) is 63.4 Å². The van der Waals surface area contributed by atoms with Crippen LogP contribution in [0.3, 0.4) is 0 Å². The molecule has 1 aliphatic rings. The first kappa shape index (κ1) is 25.9. The lowest BCUT2D eigenvalue weighted by atomic mass is 9.84. The van der Waals surface area contributed by atoms with E-state index in [1.165, 1.54) is 4.31 Å². The first-order valence-electron chi connectivity index (χ1n) is 12.1. The molecular formula is C30H33NO4S. The molecule has 3 aromatic carbocycles. The fraction of sp³-hybridized carbons (Fsp3) is 0.300. The van der Waals surface area contributed by atoms with Crippen LogP contribution in [0.1, 0.15) is 67.1 Å². The van der Waals surface area contributed by atoms with E-state index in [2.05, 4.69) is 20.8 Å². The predicted molar refractivity (Wildman–Crippen MR) is 142 cm³/mol. The van der Waals surface area contributed by atoms with Crippen LogP contribution in [-0.4, -0.2) is 23.8 Å². The predicted octanol–water partition coefficient (Wildman–Crippen LogP) is 6.49. The Morgan fingerprint density at radius 1 is 0.833 bits per heavy atom. The van der Waals surface area contributed by atoms with Crippen LogP contribution in [0.15, 0.2) is 89.3 Å². The number of nitrogens with zero attached hydrogens (tertiary/aromatic N) is 1. The molecule has 0 unspecified atom stereocenters. The summed E-state index contributed by atoms with van der Waals surface area (Å²) in [6.07, 6.45) is 1.95. The molecule has 0 bridgehead atoms. The summed E-state index contributed by atoms with van der Waals surface area (Å²) >= 11 is 0. The van der Waals surface area contributed by atoms with Crippen LogP contribution in [-0.2, 0) is 20.2 Å². The summed E-state index contributed by atoms with van der Waals surface area (Å²) in [5, 5.41) is 10.1. The number of carbonyl (C=O) groups is 1. The molecule has 0 aromatic heterocycles. The van der Waals surface area contributed by atoms with E-state index in [-0.39, 0.29) is 22.3 Å². The minimum Gasteiger partial charge on any atom is -0.478 e. The molecule has 0 radical (unpaired) electrons. The Morgan fingerprint density at radius 2 is 1.33 bits per heavy atom. The molecule has 0 spiro atoms. The van der Waals surface area contributed by atoms with Crippen LogP contribution in [0.2, 0.25) is 0 Å². The topological polar surface area (TPSA) is 74.7 Å². The van der Waals surface area contributed by atoms with E-state index in [4.69, 9.17) is 0 Å². The fourth-order valence-corrected chi connectivity index (χ4v) is 6.46. The van der Waals surface area contributed by atoms with E-state index in [0.29, 0.717) is 5.56 Å². The van der Waals surface area contributed by atoms with Gasteiger partial charge in [0.15, 0.2) is 0 Å². The average molecular weight is 504 g/mol. The highest BCUT2D eigenvalue weighted by atomic mass is 32.2. The van der Waals surface area contributed by atoms with E-state index < -0.39 is 28.1 Å². The highest BCUT2D eigenvalue weighted by molar-refractivity contribution is 7.89. The zero-order valence-corrected chi connectivity index (χ0v) is 22.2. The minimum absolute atomic E-state index is 0.0672. The van der Waals surface area contributed by atoms with Crippen LogP contribution in [0.5, 0.6) is 0 Å². The Bertz CT molecular complexity index is 1380. The quantitative estimate of drug-likeness (QED) is 0.432. The van der Waals surface area contributed by atoms with E-state index in [1.807, 2.05) is 62.4 Å². The number of carboxylic acid groups (broad SMARTS) is 1. The van der Waals surface area contributed by atoms with Gasteiger partial charge < -0.3 is 5.11 Å². The lowest BCUT2D eigenvalue weighted by Crippen LogP contribution is -2.42. The summed E-state index contributed by atoms with van der Waals surface area (Å²) in [5.74, 6) is -1.12. The van der Waals surface area contributed by atoms with Gasteiger partial charge in [-0.15, -0.1) is 0 Å². The van der Waals surface area contributed by atoms with Gasteiger partial charge in [-0.2, -0.15) is 4.31 Å². The summed E-state index contributed by atoms with van der Waals surface area (Å²) < 4.78 is 29.9. The maximum absolute atomic E-state index is 14.2. The van der Waals surface area contributed by atoms with Crippen molar-refractivity contribution in [2.24, 2.45) is 0 Å². The standard InChI is InChI=1S/C30H33NO4S/c1-20-6-10-22(11-7-20)27-19-18-26(29(32)33)28(23-12-14-24(15-13-23)30(3,4)5)31(27)36(34,35)25-16-8-21(2)9-17-25/h6-18,27-28H,19H2,1-5H3,(H,32,33)/t27-,28-/m1/s1. The molecule has 0 aliphatic carbocycles. The second kappa shape index (κ2) is 9.68. The number of rotatable bonds is 5. The van der Waals surface area contributed by atoms with Crippen molar-refractivity contribution in [1.29, 1.82) is 0 Å². The van der Waals surface area contributed by atoms with Crippen LogP contribution in [0.25, 0.3) is 0 Å². The van der Waals surface area contributed by atoms with Gasteiger partial charge in [0.2, 0.25) is 10.0 Å². The van der Waals surface area contributed by atoms with Crippen molar-refractivity contribution in [1.82, 2.24) is 4.31 Å². The van der Waals surface area contributed by atoms with Crippen molar-refractivity contribution < 1.29 is 18.3 Å². The van der Waals surface area contributed by atoms with Gasteiger partial charge in [0.25, 0.3) is 0 Å². The molecule has 0 fully saturated rings. The lowest BCUT2D eigenvalue weighted by molar-refractivity contribution is -0.133. The number of aliphatic carboxylic acids is 1. The van der Waals surface area contributed by atoms with E-state index in [0.717, 1.165) is 22.3 Å². The maximum atomic E-state index is 14.2. The SMILES string of the molecule is Cc1ccc([C@H]2CC=C(C(=O)O)[C@@H](c3ccc(C(C)(C)C)cc3)N2S(=O)(=O)c2ccc(C)cc2)cc1. The fourth-order valence-electron chi connectivity index (χ4n) is 4.68. The third-order valence-electron chi connectivity index (χ3n) is 6.82. The van der Waals surface area contributed by atoms with Crippen molar-refractivity contribution >= 4 is 16.0 Å². The van der Waals surface area contributed by atoms with E-state index in [1.54, 1.807) is 30.3 Å². The number of sulfonamides is 1. The third-order valence-corrected chi connectivity index (χ3v) is 8.70. The zero-order chi connectivity index (χ0) is 26.3. The molecule has 1 aliphatic heterocycles. The third kappa shape index (κ3) is 5.01. The molecule has 2 atom stereocenters. The van der Waals surface area contributed by atoms with Gasteiger partial charge in [0.1, 0.15) is 0 Å². The molecule has 0 saturated carbocycles.